The van der Waals surface area contributed by atoms with Gasteiger partial charge >= 0.3 is 0 Å². The molecule has 1 saturated heterocycles. The van der Waals surface area contributed by atoms with E-state index in [2.05, 4.69) is 31.5 Å². The summed E-state index contributed by atoms with van der Waals surface area (Å²) in [6, 6.07) is 18.4. The van der Waals surface area contributed by atoms with Gasteiger partial charge in [-0.2, -0.15) is 5.10 Å². The molecule has 3 aliphatic rings. The van der Waals surface area contributed by atoms with Crippen LogP contribution in [-0.4, -0.2) is 53.0 Å². The summed E-state index contributed by atoms with van der Waals surface area (Å²) in [5.41, 5.74) is 5.81. The molecule has 41 heavy (non-hydrogen) atoms. The number of rotatable bonds is 8. The Morgan fingerprint density at radius 2 is 1.80 bits per heavy atom. The Labute approximate surface area is 243 Å². The lowest BCUT2D eigenvalue weighted by molar-refractivity contribution is -0.136. The third-order valence-corrected chi connectivity index (χ3v) is 8.55. The van der Waals surface area contributed by atoms with E-state index in [4.69, 9.17) is 11.6 Å². The molecule has 9 nitrogen and oxygen atoms in total. The zero-order valence-corrected chi connectivity index (χ0v) is 23.2. The van der Waals surface area contributed by atoms with Gasteiger partial charge in [0.25, 0.3) is 5.91 Å². The van der Waals surface area contributed by atoms with Gasteiger partial charge in [0.05, 0.1) is 23.8 Å². The molecule has 0 saturated carbocycles. The Hall–Kier alpha value is -3.92. The van der Waals surface area contributed by atoms with Crippen LogP contribution in [0.25, 0.3) is 0 Å². The molecule has 0 spiro atoms. The minimum absolute atomic E-state index is 0.213. The summed E-state index contributed by atoms with van der Waals surface area (Å²) in [4.78, 5) is 46.1. The molecule has 3 aliphatic heterocycles. The van der Waals surface area contributed by atoms with Crippen LogP contribution in [0.4, 0.5) is 0 Å². The molecule has 4 N–H and O–H groups in total. The predicted octanol–water partition coefficient (Wildman–Crippen LogP) is 2.12. The number of nitrogens with zero attached hydrogens (tertiary/aromatic N) is 2. The number of ketones is 1. The lowest BCUT2D eigenvalue weighted by Gasteiger charge is -2.41. The minimum Gasteiger partial charge on any atom is -0.345 e. The number of carbonyl (C=O) groups excluding carboxylic acids is 3. The highest BCUT2D eigenvalue weighted by molar-refractivity contribution is 6.30. The maximum absolute atomic E-state index is 14.5. The molecular formula is C31H31ClN6O3. The number of nitrogens with one attached hydrogen (secondary N) is 4. The lowest BCUT2D eigenvalue weighted by Crippen LogP contribution is -2.66. The van der Waals surface area contributed by atoms with E-state index in [9.17, 15) is 14.4 Å². The Balaban J connectivity index is 1.31. The third-order valence-electron chi connectivity index (χ3n) is 8.30. The van der Waals surface area contributed by atoms with Gasteiger partial charge in [-0.3, -0.25) is 19.4 Å². The zero-order valence-electron chi connectivity index (χ0n) is 22.4. The summed E-state index contributed by atoms with van der Waals surface area (Å²) in [7, 11) is 0. The third kappa shape index (κ3) is 5.40. The normalized spacial score (nSPS) is 23.9. The molecule has 210 valence electrons. The van der Waals surface area contributed by atoms with Crippen LogP contribution in [-0.2, 0) is 40.2 Å². The molecule has 1 fully saturated rings. The van der Waals surface area contributed by atoms with Crippen molar-refractivity contribution in [1.29, 1.82) is 0 Å². The largest absolute Gasteiger partial charge is 0.345 e. The van der Waals surface area contributed by atoms with Crippen LogP contribution in [0.1, 0.15) is 28.8 Å². The quantitative estimate of drug-likeness (QED) is 0.329. The fourth-order valence-corrected chi connectivity index (χ4v) is 6.27. The number of amides is 2. The second-order valence-corrected chi connectivity index (χ2v) is 11.2. The molecule has 2 aromatic carbocycles. The second kappa shape index (κ2) is 11.5. The highest BCUT2D eigenvalue weighted by atomic mass is 35.5. The molecular weight excluding hydrogens is 540 g/mol. The van der Waals surface area contributed by atoms with Crippen molar-refractivity contribution in [1.82, 2.24) is 26.4 Å². The first-order valence-electron chi connectivity index (χ1n) is 13.8. The van der Waals surface area contributed by atoms with E-state index in [-0.39, 0.29) is 30.4 Å². The minimum atomic E-state index is -1.24. The molecule has 6 rings (SSSR count). The topological polar surface area (TPSA) is 125 Å². The van der Waals surface area contributed by atoms with Gasteiger partial charge in [-0.05, 0) is 53.8 Å². The zero-order chi connectivity index (χ0) is 28.4. The number of aromatic nitrogens is 1. The van der Waals surface area contributed by atoms with E-state index in [1.54, 1.807) is 18.3 Å². The molecule has 1 aromatic heterocycles. The van der Waals surface area contributed by atoms with E-state index in [1.165, 1.54) is 0 Å². The van der Waals surface area contributed by atoms with Crippen molar-refractivity contribution in [3.63, 3.8) is 0 Å². The molecule has 0 aliphatic carbocycles. The van der Waals surface area contributed by atoms with Crippen molar-refractivity contribution in [2.24, 2.45) is 10.5 Å². The van der Waals surface area contributed by atoms with Crippen LogP contribution in [0, 0.1) is 5.41 Å². The standard InChI is InChI=1S/C31H31ClN6O3/c32-22-10-8-19(9-11-22)15-24(36-29(40)25-16-20-5-1-2-6-21(20)18-35-25)27(39)28-31(17-23-7-3-4-13-33-23)26(12-14-34-28)37-38-30(31)41/h1-11,13,24-25,28,34-35H,12,14-18H2,(H,36,40)(H,38,41)/t24?,25-,28+,31?/m1/s1. The van der Waals surface area contributed by atoms with Gasteiger partial charge in [0.15, 0.2) is 5.78 Å². The Morgan fingerprint density at radius 3 is 2.59 bits per heavy atom. The number of halogens is 1. The van der Waals surface area contributed by atoms with Crippen molar-refractivity contribution in [2.45, 2.75) is 50.4 Å². The number of hydrogen-bond donors (Lipinski definition) is 4. The molecule has 0 radical (unpaired) electrons. The highest BCUT2D eigenvalue weighted by Gasteiger charge is 2.58. The average Bonchev–Trinajstić information content (AvgIpc) is 3.33. The summed E-state index contributed by atoms with van der Waals surface area (Å²) < 4.78 is 0. The number of piperidine rings is 1. The SMILES string of the molecule is O=C(NC(Cc1ccc(Cl)cc1)C(=O)[C@@H]1NCCC2=NNC(=O)C21Cc1ccccn1)[C@H]1Cc2ccccc2CN1. The van der Waals surface area contributed by atoms with E-state index in [1.807, 2.05) is 54.6 Å². The van der Waals surface area contributed by atoms with Gasteiger partial charge in [0.2, 0.25) is 5.91 Å². The van der Waals surface area contributed by atoms with E-state index < -0.39 is 23.5 Å². The van der Waals surface area contributed by atoms with Gasteiger partial charge in [0.1, 0.15) is 5.41 Å². The van der Waals surface area contributed by atoms with Gasteiger partial charge in [-0.25, -0.2) is 5.43 Å². The average molecular weight is 571 g/mol. The summed E-state index contributed by atoms with van der Waals surface area (Å²) in [5.74, 6) is -0.873. The van der Waals surface area contributed by atoms with Crippen LogP contribution in [0.2, 0.25) is 5.02 Å². The lowest BCUT2D eigenvalue weighted by atomic mass is 9.67. The fraction of sp³-hybridized carbons (Fsp3) is 0.323. The van der Waals surface area contributed by atoms with Crippen LogP contribution in [0.3, 0.4) is 0 Å². The summed E-state index contributed by atoms with van der Waals surface area (Å²) in [6.07, 6.45) is 3.17. The molecule has 3 aromatic rings. The molecule has 4 atom stereocenters. The number of fused-ring (bicyclic) bond motifs is 2. The monoisotopic (exact) mass is 570 g/mol. The van der Waals surface area contributed by atoms with E-state index in [0.29, 0.717) is 42.4 Å². The van der Waals surface area contributed by atoms with Gasteiger partial charge < -0.3 is 16.0 Å². The number of Topliss-reactive ketones (excluding diaryl/α,β-unsaturated/α-hetero) is 1. The van der Waals surface area contributed by atoms with Gasteiger partial charge in [-0.1, -0.05) is 54.1 Å². The Bertz CT molecular complexity index is 1500. The number of benzene rings is 2. The molecule has 10 heteroatoms. The maximum atomic E-state index is 14.5. The van der Waals surface area contributed by atoms with Crippen molar-refractivity contribution >= 4 is 34.9 Å². The highest BCUT2D eigenvalue weighted by Crippen LogP contribution is 2.37. The summed E-state index contributed by atoms with van der Waals surface area (Å²) in [6.45, 7) is 1.05. The predicted molar refractivity (Wildman–Crippen MR) is 155 cm³/mol. The maximum Gasteiger partial charge on any atom is 0.254 e. The molecule has 2 amide bonds. The van der Waals surface area contributed by atoms with Crippen molar-refractivity contribution in [3.8, 4) is 0 Å². The fourth-order valence-electron chi connectivity index (χ4n) is 6.14. The van der Waals surface area contributed by atoms with Crippen LogP contribution in [0.15, 0.2) is 78.0 Å². The smallest absolute Gasteiger partial charge is 0.254 e. The molecule has 0 bridgehead atoms. The van der Waals surface area contributed by atoms with E-state index >= 15 is 0 Å². The van der Waals surface area contributed by atoms with Crippen molar-refractivity contribution in [2.75, 3.05) is 6.54 Å². The first-order valence-corrected chi connectivity index (χ1v) is 14.2. The first-order chi connectivity index (χ1) is 19.9. The first kappa shape index (κ1) is 27.3. The van der Waals surface area contributed by atoms with Gasteiger partial charge in [-0.15, -0.1) is 0 Å². The summed E-state index contributed by atoms with van der Waals surface area (Å²) in [5, 5.41) is 14.6. The Morgan fingerprint density at radius 1 is 1.02 bits per heavy atom. The number of hydrazone groups is 1. The van der Waals surface area contributed by atoms with Crippen LogP contribution >= 0.6 is 11.6 Å². The van der Waals surface area contributed by atoms with Crippen LogP contribution < -0.4 is 21.4 Å². The van der Waals surface area contributed by atoms with Crippen molar-refractivity contribution < 1.29 is 14.4 Å². The number of hydrogen-bond acceptors (Lipinski definition) is 7. The van der Waals surface area contributed by atoms with Crippen LogP contribution in [0.5, 0.6) is 0 Å². The van der Waals surface area contributed by atoms with Gasteiger partial charge in [0, 0.05) is 42.8 Å². The Kier molecular flexibility index (Phi) is 7.66. The van der Waals surface area contributed by atoms with E-state index in [0.717, 1.165) is 16.7 Å². The number of carbonyl (C=O) groups is 3. The second-order valence-electron chi connectivity index (χ2n) is 10.8. The summed E-state index contributed by atoms with van der Waals surface area (Å²) >= 11 is 6.11. The molecule has 4 heterocycles. The van der Waals surface area contributed by atoms with Crippen molar-refractivity contribution in [3.05, 3.63) is 100 Å². The molecule has 2 unspecified atom stereocenters. The number of pyridine rings is 1.